The van der Waals surface area contributed by atoms with Crippen molar-refractivity contribution in [1.82, 2.24) is 5.32 Å². The zero-order chi connectivity index (χ0) is 14.6. The molecule has 0 heterocycles. The van der Waals surface area contributed by atoms with Gasteiger partial charge in [-0.05, 0) is 45.1 Å². The number of hydrogen-bond donors (Lipinski definition) is 1. The van der Waals surface area contributed by atoms with Gasteiger partial charge in [0.25, 0.3) is 0 Å². The van der Waals surface area contributed by atoms with E-state index in [0.29, 0.717) is 5.92 Å². The Morgan fingerprint density at radius 2 is 1.70 bits per heavy atom. The molecule has 1 aromatic rings. The quantitative estimate of drug-likeness (QED) is 0.875. The Labute approximate surface area is 123 Å². The number of hydrogen-bond acceptors (Lipinski definition) is 1. The Morgan fingerprint density at radius 3 is 2.25 bits per heavy atom. The Hall–Kier alpha value is -1.31. The highest BCUT2D eigenvalue weighted by atomic mass is 16.2. The summed E-state index contributed by atoms with van der Waals surface area (Å²) in [6, 6.07) is 10.3. The van der Waals surface area contributed by atoms with Crippen molar-refractivity contribution in [1.29, 1.82) is 0 Å². The lowest BCUT2D eigenvalue weighted by atomic mass is 9.76. The molecule has 2 heteroatoms. The number of benzene rings is 1. The molecule has 0 spiro atoms. The summed E-state index contributed by atoms with van der Waals surface area (Å²) >= 11 is 0. The van der Waals surface area contributed by atoms with Crippen LogP contribution in [0.5, 0.6) is 0 Å². The van der Waals surface area contributed by atoms with E-state index >= 15 is 0 Å². The first-order valence-electron chi connectivity index (χ1n) is 7.84. The fraction of sp³-hybridized carbons (Fsp3) is 0.611. The Morgan fingerprint density at radius 1 is 1.10 bits per heavy atom. The summed E-state index contributed by atoms with van der Waals surface area (Å²) in [5.74, 6) is 0.694. The summed E-state index contributed by atoms with van der Waals surface area (Å²) in [4.78, 5) is 12.7. The second kappa shape index (κ2) is 6.43. The third-order valence-electron chi connectivity index (χ3n) is 4.06. The van der Waals surface area contributed by atoms with Crippen LogP contribution in [0, 0.1) is 5.92 Å². The molecule has 1 aliphatic carbocycles. The lowest BCUT2D eigenvalue weighted by Crippen LogP contribution is -2.45. The van der Waals surface area contributed by atoms with E-state index in [1.165, 1.54) is 37.7 Å². The maximum atomic E-state index is 12.7. The van der Waals surface area contributed by atoms with Crippen molar-refractivity contribution in [2.75, 3.05) is 0 Å². The zero-order valence-electron chi connectivity index (χ0n) is 13.0. The molecule has 0 radical (unpaired) electrons. The van der Waals surface area contributed by atoms with Crippen LogP contribution in [-0.2, 0) is 4.79 Å². The Kier molecular flexibility index (Phi) is 4.85. The van der Waals surface area contributed by atoms with Gasteiger partial charge in [0.2, 0.25) is 5.91 Å². The molecule has 1 atom stereocenters. The third kappa shape index (κ3) is 4.09. The van der Waals surface area contributed by atoms with Gasteiger partial charge in [-0.2, -0.15) is 0 Å². The maximum absolute atomic E-state index is 12.7. The van der Waals surface area contributed by atoms with E-state index in [1.807, 2.05) is 39.0 Å². The molecular formula is C18H27NO. The van der Waals surface area contributed by atoms with Crippen LogP contribution in [-0.4, -0.2) is 11.4 Å². The van der Waals surface area contributed by atoms with E-state index in [-0.39, 0.29) is 17.4 Å². The highest BCUT2D eigenvalue weighted by Crippen LogP contribution is 2.36. The SMILES string of the molecule is CC(C)(C)NC(=O)[C@H](c1ccccc1)C1CCCCC1. The molecule has 1 fully saturated rings. The van der Waals surface area contributed by atoms with E-state index in [2.05, 4.69) is 17.4 Å². The molecule has 0 aromatic heterocycles. The molecule has 1 amide bonds. The second-order valence-electron chi connectivity index (χ2n) is 7.03. The molecule has 0 bridgehead atoms. The number of rotatable bonds is 3. The van der Waals surface area contributed by atoms with E-state index < -0.39 is 0 Å². The highest BCUT2D eigenvalue weighted by molar-refractivity contribution is 5.84. The van der Waals surface area contributed by atoms with Crippen LogP contribution in [0.4, 0.5) is 0 Å². The Balaban J connectivity index is 2.22. The van der Waals surface area contributed by atoms with Crippen LogP contribution in [0.25, 0.3) is 0 Å². The van der Waals surface area contributed by atoms with Crippen LogP contribution >= 0.6 is 0 Å². The molecular weight excluding hydrogens is 246 g/mol. The fourth-order valence-electron chi connectivity index (χ4n) is 3.21. The normalized spacial score (nSPS) is 18.6. The van der Waals surface area contributed by atoms with Crippen molar-refractivity contribution >= 4 is 5.91 Å². The molecule has 1 saturated carbocycles. The van der Waals surface area contributed by atoms with Gasteiger partial charge in [0, 0.05) is 5.54 Å². The van der Waals surface area contributed by atoms with E-state index in [0.717, 1.165) is 0 Å². The molecule has 1 N–H and O–H groups in total. The average molecular weight is 273 g/mol. The summed E-state index contributed by atoms with van der Waals surface area (Å²) in [7, 11) is 0. The molecule has 1 aromatic carbocycles. The summed E-state index contributed by atoms with van der Waals surface area (Å²) in [6.07, 6.45) is 6.20. The van der Waals surface area contributed by atoms with Crippen molar-refractivity contribution < 1.29 is 4.79 Å². The van der Waals surface area contributed by atoms with Crippen LogP contribution in [0.15, 0.2) is 30.3 Å². The summed E-state index contributed by atoms with van der Waals surface area (Å²) in [5.41, 5.74) is 1.000. The van der Waals surface area contributed by atoms with Crippen LogP contribution < -0.4 is 5.32 Å². The van der Waals surface area contributed by atoms with Gasteiger partial charge in [0.15, 0.2) is 0 Å². The van der Waals surface area contributed by atoms with Crippen molar-refractivity contribution in [3.05, 3.63) is 35.9 Å². The average Bonchev–Trinajstić information content (AvgIpc) is 2.39. The third-order valence-corrected chi connectivity index (χ3v) is 4.06. The lowest BCUT2D eigenvalue weighted by molar-refractivity contribution is -0.125. The van der Waals surface area contributed by atoms with E-state index in [4.69, 9.17) is 0 Å². The predicted octanol–water partition coefficient (Wildman–Crippen LogP) is 4.27. The van der Waals surface area contributed by atoms with Gasteiger partial charge in [0.05, 0.1) is 5.92 Å². The maximum Gasteiger partial charge on any atom is 0.228 e. The van der Waals surface area contributed by atoms with Crippen molar-refractivity contribution in [3.8, 4) is 0 Å². The minimum absolute atomic E-state index is 0.00993. The zero-order valence-corrected chi connectivity index (χ0v) is 13.0. The van der Waals surface area contributed by atoms with Crippen LogP contribution in [0.2, 0.25) is 0 Å². The standard InChI is InChI=1S/C18H27NO/c1-18(2,3)19-17(20)16(14-10-6-4-7-11-14)15-12-8-5-9-13-15/h4,6-7,10-11,15-16H,5,8-9,12-13H2,1-3H3,(H,19,20)/t16-/m1/s1. The van der Waals surface area contributed by atoms with E-state index in [9.17, 15) is 4.79 Å². The van der Waals surface area contributed by atoms with Crippen molar-refractivity contribution in [2.24, 2.45) is 5.92 Å². The molecule has 2 nitrogen and oxygen atoms in total. The second-order valence-corrected chi connectivity index (χ2v) is 7.03. The minimum atomic E-state index is -0.168. The molecule has 2 rings (SSSR count). The number of nitrogens with one attached hydrogen (secondary N) is 1. The van der Waals surface area contributed by atoms with E-state index in [1.54, 1.807) is 0 Å². The number of carbonyl (C=O) groups is 1. The van der Waals surface area contributed by atoms with Crippen molar-refractivity contribution in [3.63, 3.8) is 0 Å². The minimum Gasteiger partial charge on any atom is -0.351 e. The molecule has 0 unspecified atom stereocenters. The fourth-order valence-corrected chi connectivity index (χ4v) is 3.21. The van der Waals surface area contributed by atoms with Gasteiger partial charge in [-0.3, -0.25) is 4.79 Å². The molecule has 1 aliphatic rings. The lowest BCUT2D eigenvalue weighted by Gasteiger charge is -2.32. The first-order valence-corrected chi connectivity index (χ1v) is 7.84. The largest absolute Gasteiger partial charge is 0.351 e. The molecule has 20 heavy (non-hydrogen) atoms. The topological polar surface area (TPSA) is 29.1 Å². The summed E-state index contributed by atoms with van der Waals surface area (Å²) in [6.45, 7) is 6.15. The molecule has 110 valence electrons. The smallest absolute Gasteiger partial charge is 0.228 e. The summed E-state index contributed by atoms with van der Waals surface area (Å²) in [5, 5.41) is 3.18. The van der Waals surface area contributed by atoms with Crippen LogP contribution in [0.3, 0.4) is 0 Å². The first-order chi connectivity index (χ1) is 9.47. The number of carbonyl (C=O) groups excluding carboxylic acids is 1. The predicted molar refractivity (Wildman–Crippen MR) is 83.7 cm³/mol. The molecule has 0 aliphatic heterocycles. The number of amides is 1. The summed E-state index contributed by atoms with van der Waals surface area (Å²) < 4.78 is 0. The first kappa shape index (κ1) is 15.1. The van der Waals surface area contributed by atoms with Gasteiger partial charge in [-0.15, -0.1) is 0 Å². The van der Waals surface area contributed by atoms with Gasteiger partial charge in [-0.25, -0.2) is 0 Å². The Bertz CT molecular complexity index is 426. The van der Waals surface area contributed by atoms with Crippen LogP contribution in [0.1, 0.15) is 64.4 Å². The monoisotopic (exact) mass is 273 g/mol. The van der Waals surface area contributed by atoms with Gasteiger partial charge >= 0.3 is 0 Å². The van der Waals surface area contributed by atoms with Crippen molar-refractivity contribution in [2.45, 2.75) is 64.3 Å². The van der Waals surface area contributed by atoms with Gasteiger partial charge < -0.3 is 5.32 Å². The van der Waals surface area contributed by atoms with Gasteiger partial charge in [0.1, 0.15) is 0 Å². The highest BCUT2D eigenvalue weighted by Gasteiger charge is 2.32. The van der Waals surface area contributed by atoms with Gasteiger partial charge in [-0.1, -0.05) is 49.6 Å². The molecule has 0 saturated heterocycles.